The fourth-order valence-electron chi connectivity index (χ4n) is 4.24. The van der Waals surface area contributed by atoms with Crippen LogP contribution in [0.5, 0.6) is 0 Å². The predicted molar refractivity (Wildman–Crippen MR) is 86.8 cm³/mol. The van der Waals surface area contributed by atoms with E-state index in [1.165, 1.54) is 19.3 Å². The van der Waals surface area contributed by atoms with Crippen LogP contribution in [0.15, 0.2) is 0 Å². The minimum Gasteiger partial charge on any atom is -0.383 e. The van der Waals surface area contributed by atoms with Crippen molar-refractivity contribution in [2.45, 2.75) is 57.0 Å². The highest BCUT2D eigenvalue weighted by molar-refractivity contribution is 5.83. The Kier molecular flexibility index (Phi) is 5.21. The van der Waals surface area contributed by atoms with Gasteiger partial charge in [-0.05, 0) is 43.9 Å². The number of piperidine rings is 1. The monoisotopic (exact) mass is 323 g/mol. The van der Waals surface area contributed by atoms with Crippen molar-refractivity contribution in [3.63, 3.8) is 0 Å². The van der Waals surface area contributed by atoms with Gasteiger partial charge >= 0.3 is 0 Å². The first-order valence-electron chi connectivity index (χ1n) is 8.92. The van der Waals surface area contributed by atoms with Gasteiger partial charge in [0.05, 0.1) is 18.7 Å². The molecule has 3 fully saturated rings. The van der Waals surface area contributed by atoms with E-state index in [9.17, 15) is 9.59 Å². The van der Waals surface area contributed by atoms with Crippen LogP contribution in [0.25, 0.3) is 0 Å². The fraction of sp³-hybridized carbons (Fsp3) is 0.882. The molecule has 3 atom stereocenters. The second kappa shape index (κ2) is 7.18. The van der Waals surface area contributed by atoms with E-state index in [1.54, 1.807) is 7.11 Å². The second-order valence-corrected chi connectivity index (χ2v) is 7.52. The van der Waals surface area contributed by atoms with E-state index in [2.05, 4.69) is 16.0 Å². The van der Waals surface area contributed by atoms with Gasteiger partial charge in [0.25, 0.3) is 0 Å². The first-order valence-corrected chi connectivity index (χ1v) is 8.92. The minimum atomic E-state index is -0.0962. The quantitative estimate of drug-likeness (QED) is 0.667. The van der Waals surface area contributed by atoms with Crippen LogP contribution in [0.2, 0.25) is 0 Å². The van der Waals surface area contributed by atoms with Gasteiger partial charge in [-0.2, -0.15) is 0 Å². The van der Waals surface area contributed by atoms with Gasteiger partial charge in [-0.3, -0.25) is 9.59 Å². The largest absolute Gasteiger partial charge is 0.383 e. The number of amides is 2. The van der Waals surface area contributed by atoms with Crippen molar-refractivity contribution >= 4 is 11.8 Å². The van der Waals surface area contributed by atoms with Crippen LogP contribution < -0.4 is 16.0 Å². The minimum absolute atomic E-state index is 0.0151. The molecule has 0 aromatic rings. The van der Waals surface area contributed by atoms with Gasteiger partial charge in [0.15, 0.2) is 0 Å². The molecule has 3 aliphatic rings. The molecule has 2 aliphatic heterocycles. The average molecular weight is 323 g/mol. The van der Waals surface area contributed by atoms with E-state index in [4.69, 9.17) is 4.74 Å². The second-order valence-electron chi connectivity index (χ2n) is 7.52. The summed E-state index contributed by atoms with van der Waals surface area (Å²) >= 11 is 0. The van der Waals surface area contributed by atoms with Crippen LogP contribution in [0.4, 0.5) is 0 Å². The Morgan fingerprint density at radius 1 is 1.43 bits per heavy atom. The third-order valence-corrected chi connectivity index (χ3v) is 5.77. The van der Waals surface area contributed by atoms with Crippen LogP contribution in [0, 0.1) is 11.3 Å². The molecule has 2 heterocycles. The fourth-order valence-corrected chi connectivity index (χ4v) is 4.24. The zero-order chi connectivity index (χ0) is 16.3. The Labute approximate surface area is 138 Å². The average Bonchev–Trinajstić information content (AvgIpc) is 2.96. The van der Waals surface area contributed by atoms with Crippen molar-refractivity contribution in [2.75, 3.05) is 26.8 Å². The number of methoxy groups -OCH3 is 1. The molecule has 1 unspecified atom stereocenters. The Balaban J connectivity index is 1.51. The molecule has 1 spiro atoms. The third-order valence-electron chi connectivity index (χ3n) is 5.77. The maximum Gasteiger partial charge on any atom is 0.237 e. The molecule has 1 aliphatic carbocycles. The number of hydrogen-bond acceptors (Lipinski definition) is 4. The molecule has 0 aromatic heterocycles. The summed E-state index contributed by atoms with van der Waals surface area (Å²) in [4.78, 5) is 24.5. The lowest BCUT2D eigenvalue weighted by Gasteiger charge is -2.37. The number of ether oxygens (including phenoxy) is 1. The Morgan fingerprint density at radius 3 is 2.87 bits per heavy atom. The van der Waals surface area contributed by atoms with Crippen LogP contribution in [0.1, 0.15) is 44.9 Å². The molecule has 6 heteroatoms. The number of nitrogens with one attached hydrogen (secondary N) is 3. The summed E-state index contributed by atoms with van der Waals surface area (Å²) in [6.07, 6.45) is 7.29. The molecule has 0 bridgehead atoms. The van der Waals surface area contributed by atoms with E-state index in [0.717, 1.165) is 32.4 Å². The van der Waals surface area contributed by atoms with Gasteiger partial charge in [-0.25, -0.2) is 0 Å². The zero-order valence-corrected chi connectivity index (χ0v) is 14.0. The van der Waals surface area contributed by atoms with Crippen LogP contribution in [-0.2, 0) is 14.3 Å². The van der Waals surface area contributed by atoms with E-state index in [1.807, 2.05) is 0 Å². The molecule has 6 nitrogen and oxygen atoms in total. The first kappa shape index (κ1) is 16.7. The number of hydrogen-bond donors (Lipinski definition) is 3. The summed E-state index contributed by atoms with van der Waals surface area (Å²) in [5, 5.41) is 9.39. The highest BCUT2D eigenvalue weighted by atomic mass is 16.5. The Bertz CT molecular complexity index is 450. The third kappa shape index (κ3) is 3.86. The van der Waals surface area contributed by atoms with E-state index < -0.39 is 0 Å². The van der Waals surface area contributed by atoms with E-state index in [0.29, 0.717) is 18.4 Å². The highest BCUT2D eigenvalue weighted by Crippen LogP contribution is 2.47. The van der Waals surface area contributed by atoms with Crippen LogP contribution in [0.3, 0.4) is 0 Å². The standard InChI is InChI=1S/C17H29N3O3/c1-23-10-13(8-12-4-2-7-18-15(12)21)20-16(22)14-9-17(11-19-14)5-3-6-17/h12-14,19H,2-11H2,1H3,(H,18,21)(H,20,22)/t12-,13-,14?/m0/s1. The van der Waals surface area contributed by atoms with Crippen molar-refractivity contribution in [1.29, 1.82) is 0 Å². The summed E-state index contributed by atoms with van der Waals surface area (Å²) in [6.45, 7) is 2.18. The molecule has 23 heavy (non-hydrogen) atoms. The van der Waals surface area contributed by atoms with Crippen molar-refractivity contribution in [2.24, 2.45) is 11.3 Å². The summed E-state index contributed by atoms with van der Waals surface area (Å²) in [7, 11) is 1.64. The van der Waals surface area contributed by atoms with Crippen molar-refractivity contribution < 1.29 is 14.3 Å². The lowest BCUT2D eigenvalue weighted by Crippen LogP contribution is -2.49. The van der Waals surface area contributed by atoms with Gasteiger partial charge in [-0.15, -0.1) is 0 Å². The van der Waals surface area contributed by atoms with Crippen LogP contribution >= 0.6 is 0 Å². The first-order chi connectivity index (χ1) is 11.1. The number of carbonyl (C=O) groups excluding carboxylic acids is 2. The molecule has 130 valence electrons. The van der Waals surface area contributed by atoms with Gasteiger partial charge in [-0.1, -0.05) is 6.42 Å². The van der Waals surface area contributed by atoms with Crippen molar-refractivity contribution in [3.8, 4) is 0 Å². The zero-order valence-electron chi connectivity index (χ0n) is 14.0. The van der Waals surface area contributed by atoms with Gasteiger partial charge in [0.1, 0.15) is 0 Å². The topological polar surface area (TPSA) is 79.5 Å². The van der Waals surface area contributed by atoms with Gasteiger partial charge in [0.2, 0.25) is 11.8 Å². The summed E-state index contributed by atoms with van der Waals surface area (Å²) in [5.41, 5.74) is 0.377. The smallest absolute Gasteiger partial charge is 0.237 e. The molecule has 3 N–H and O–H groups in total. The van der Waals surface area contributed by atoms with E-state index >= 15 is 0 Å². The molecule has 3 rings (SSSR count). The van der Waals surface area contributed by atoms with E-state index in [-0.39, 0.29) is 29.8 Å². The maximum absolute atomic E-state index is 12.6. The lowest BCUT2D eigenvalue weighted by atomic mass is 9.67. The molecule has 1 saturated carbocycles. The predicted octanol–water partition coefficient (Wildman–Crippen LogP) is 0.566. The summed E-state index contributed by atoms with van der Waals surface area (Å²) < 4.78 is 5.25. The molecular weight excluding hydrogens is 294 g/mol. The normalized spacial score (nSPS) is 30.6. The summed E-state index contributed by atoms with van der Waals surface area (Å²) in [5.74, 6) is 0.157. The van der Waals surface area contributed by atoms with Gasteiger partial charge < -0.3 is 20.7 Å². The molecule has 2 amide bonds. The Morgan fingerprint density at radius 2 is 2.26 bits per heavy atom. The van der Waals surface area contributed by atoms with Gasteiger partial charge in [0, 0.05) is 26.1 Å². The van der Waals surface area contributed by atoms with Crippen molar-refractivity contribution in [3.05, 3.63) is 0 Å². The molecule has 0 radical (unpaired) electrons. The SMILES string of the molecule is COC[C@H](C[C@@H]1CCCNC1=O)NC(=O)C1CC2(CCC2)CN1. The number of carbonyl (C=O) groups is 2. The summed E-state index contributed by atoms with van der Waals surface area (Å²) in [6, 6.07) is -0.184. The maximum atomic E-state index is 12.6. The lowest BCUT2D eigenvalue weighted by molar-refractivity contribution is -0.128. The van der Waals surface area contributed by atoms with Crippen LogP contribution in [-0.4, -0.2) is 50.7 Å². The van der Waals surface area contributed by atoms with Crippen molar-refractivity contribution in [1.82, 2.24) is 16.0 Å². The molecule has 0 aromatic carbocycles. The molecule has 2 saturated heterocycles. The Hall–Kier alpha value is -1.14. The highest BCUT2D eigenvalue weighted by Gasteiger charge is 2.45. The number of rotatable bonds is 6. The molecular formula is C17H29N3O3.